The number of nitrogens with one attached hydrogen (secondary N) is 1. The Morgan fingerprint density at radius 2 is 2.06 bits per heavy atom. The Balaban J connectivity index is 1.17. The van der Waals surface area contributed by atoms with Crippen LogP contribution in [0.3, 0.4) is 0 Å². The van der Waals surface area contributed by atoms with Crippen molar-refractivity contribution in [1.82, 2.24) is 30.0 Å². The molecule has 170 valence electrons. The number of piperazine rings is 1. The molecule has 1 amide bonds. The summed E-state index contributed by atoms with van der Waals surface area (Å²) in [6, 6.07) is 11.2. The molecule has 12 heteroatoms. The van der Waals surface area contributed by atoms with Gasteiger partial charge >= 0.3 is 0 Å². The van der Waals surface area contributed by atoms with Crippen LogP contribution in [0.15, 0.2) is 64.4 Å². The number of alkyl halides is 1. The number of benzene rings is 1. The van der Waals surface area contributed by atoms with Gasteiger partial charge in [-0.25, -0.2) is 14.1 Å². The van der Waals surface area contributed by atoms with Gasteiger partial charge in [0, 0.05) is 36.5 Å². The van der Waals surface area contributed by atoms with Crippen LogP contribution in [0.25, 0.3) is 11.3 Å². The third-order valence-corrected chi connectivity index (χ3v) is 5.37. The minimum atomic E-state index is -1.40. The van der Waals surface area contributed by atoms with Crippen LogP contribution in [0, 0.1) is 0 Å². The van der Waals surface area contributed by atoms with E-state index in [4.69, 9.17) is 9.05 Å². The van der Waals surface area contributed by atoms with Gasteiger partial charge in [0.2, 0.25) is 5.91 Å². The minimum absolute atomic E-state index is 0.0249. The first-order valence-electron chi connectivity index (χ1n) is 10.4. The van der Waals surface area contributed by atoms with Crippen LogP contribution in [0.4, 0.5) is 15.9 Å². The van der Waals surface area contributed by atoms with Gasteiger partial charge in [0.1, 0.15) is 31.2 Å². The number of halogens is 1. The second-order valence-electron chi connectivity index (χ2n) is 7.52. The largest absolute Gasteiger partial charge is 0.365 e. The van der Waals surface area contributed by atoms with Gasteiger partial charge in [-0.2, -0.15) is 5.10 Å². The van der Waals surface area contributed by atoms with Crippen molar-refractivity contribution < 1.29 is 18.2 Å². The fourth-order valence-electron chi connectivity index (χ4n) is 3.66. The standard InChI is InChI=1S/C21H21FN8O3/c22-19-11-28(6-7-30(19)21(31)12-29-14-23-13-25-29)16-3-1-15(2-4-16)18-9-17(33-26-18)10-24-20-5-8-32-27-20/h1-5,8-9,13-14,19H,6-7,10-12H2,(H,24,27). The third kappa shape index (κ3) is 4.68. The summed E-state index contributed by atoms with van der Waals surface area (Å²) in [4.78, 5) is 19.4. The Morgan fingerprint density at radius 3 is 2.79 bits per heavy atom. The van der Waals surface area contributed by atoms with Gasteiger partial charge in [-0.3, -0.25) is 4.79 Å². The van der Waals surface area contributed by atoms with E-state index in [0.717, 1.165) is 11.3 Å². The Hall–Kier alpha value is -4.22. The first-order valence-corrected chi connectivity index (χ1v) is 10.4. The summed E-state index contributed by atoms with van der Waals surface area (Å²) in [5.74, 6) is 0.954. The number of carbonyl (C=O) groups excluding carboxylic acids is 1. The molecular weight excluding hydrogens is 431 g/mol. The lowest BCUT2D eigenvalue weighted by atomic mass is 10.1. The number of aromatic nitrogens is 5. The van der Waals surface area contributed by atoms with E-state index < -0.39 is 6.30 Å². The first-order chi connectivity index (χ1) is 16.2. The molecule has 0 aliphatic carbocycles. The molecule has 1 aromatic carbocycles. The predicted octanol–water partition coefficient (Wildman–Crippen LogP) is 2.18. The van der Waals surface area contributed by atoms with Crippen molar-refractivity contribution in [1.29, 1.82) is 0 Å². The number of nitrogens with zero attached hydrogens (tertiary/aromatic N) is 7. The molecule has 3 aromatic heterocycles. The molecule has 11 nitrogen and oxygen atoms in total. The quantitative estimate of drug-likeness (QED) is 0.421. The molecule has 1 aliphatic rings. The van der Waals surface area contributed by atoms with Crippen LogP contribution >= 0.6 is 0 Å². The normalized spacial score (nSPS) is 16.2. The maximum absolute atomic E-state index is 14.8. The number of hydrogen-bond acceptors (Lipinski definition) is 9. The Morgan fingerprint density at radius 1 is 1.18 bits per heavy atom. The van der Waals surface area contributed by atoms with E-state index in [1.54, 1.807) is 6.07 Å². The highest BCUT2D eigenvalue weighted by molar-refractivity contribution is 5.76. The van der Waals surface area contributed by atoms with Crippen LogP contribution in [0.5, 0.6) is 0 Å². The molecule has 1 atom stereocenters. The van der Waals surface area contributed by atoms with Crippen molar-refractivity contribution in [3.8, 4) is 11.3 Å². The lowest BCUT2D eigenvalue weighted by Crippen LogP contribution is -2.54. The van der Waals surface area contributed by atoms with Crippen LogP contribution in [-0.2, 0) is 17.9 Å². The van der Waals surface area contributed by atoms with Gasteiger partial charge in [-0.15, -0.1) is 0 Å². The highest BCUT2D eigenvalue weighted by atomic mass is 19.1. The van der Waals surface area contributed by atoms with Gasteiger partial charge in [-0.05, 0) is 12.1 Å². The zero-order chi connectivity index (χ0) is 22.6. The molecule has 0 saturated carbocycles. The van der Waals surface area contributed by atoms with Gasteiger partial charge in [-0.1, -0.05) is 22.4 Å². The molecule has 0 bridgehead atoms. The molecule has 1 saturated heterocycles. The number of hydrogen-bond donors (Lipinski definition) is 1. The average molecular weight is 452 g/mol. The Kier molecular flexibility index (Phi) is 5.70. The monoisotopic (exact) mass is 452 g/mol. The van der Waals surface area contributed by atoms with Crippen molar-refractivity contribution in [2.45, 2.75) is 19.4 Å². The van der Waals surface area contributed by atoms with Crippen LogP contribution in [0.2, 0.25) is 0 Å². The summed E-state index contributed by atoms with van der Waals surface area (Å²) in [7, 11) is 0. The number of carbonyl (C=O) groups is 1. The lowest BCUT2D eigenvalue weighted by molar-refractivity contribution is -0.138. The van der Waals surface area contributed by atoms with Crippen LogP contribution in [-0.4, -0.2) is 61.8 Å². The first kappa shape index (κ1) is 20.7. The maximum atomic E-state index is 14.8. The SMILES string of the molecule is O=C(Cn1cncn1)N1CCN(c2ccc(-c3cc(CNc4ccon4)on3)cc2)CC1F. The van der Waals surface area contributed by atoms with Crippen molar-refractivity contribution in [3.05, 3.63) is 61.1 Å². The third-order valence-electron chi connectivity index (χ3n) is 5.37. The van der Waals surface area contributed by atoms with Crippen molar-refractivity contribution in [3.63, 3.8) is 0 Å². The summed E-state index contributed by atoms with van der Waals surface area (Å²) in [5.41, 5.74) is 2.46. The molecule has 4 heterocycles. The van der Waals surface area contributed by atoms with Gasteiger partial charge in [0.05, 0.1) is 13.1 Å². The zero-order valence-corrected chi connectivity index (χ0v) is 17.5. The smallest absolute Gasteiger partial charge is 0.246 e. The van der Waals surface area contributed by atoms with Gasteiger partial charge in [0.15, 0.2) is 17.9 Å². The molecule has 1 N–H and O–H groups in total. The van der Waals surface area contributed by atoms with Crippen LogP contribution in [0.1, 0.15) is 5.76 Å². The number of amides is 1. The van der Waals surface area contributed by atoms with Crippen molar-refractivity contribution in [2.24, 2.45) is 0 Å². The second-order valence-corrected chi connectivity index (χ2v) is 7.52. The molecule has 0 spiro atoms. The summed E-state index contributed by atoms with van der Waals surface area (Å²) >= 11 is 0. The van der Waals surface area contributed by atoms with Gasteiger partial charge in [0.25, 0.3) is 0 Å². The fraction of sp³-hybridized carbons (Fsp3) is 0.286. The van der Waals surface area contributed by atoms with E-state index in [-0.39, 0.29) is 19.0 Å². The molecule has 4 aromatic rings. The summed E-state index contributed by atoms with van der Waals surface area (Å²) in [6.45, 7) is 1.33. The van der Waals surface area contributed by atoms with Crippen molar-refractivity contribution >= 4 is 17.4 Å². The van der Waals surface area contributed by atoms with E-state index >= 15 is 0 Å². The number of anilines is 2. The minimum Gasteiger partial charge on any atom is -0.365 e. The molecular formula is C21H21FN8O3. The van der Waals surface area contributed by atoms with Crippen LogP contribution < -0.4 is 10.2 Å². The Labute approximate surface area is 187 Å². The van der Waals surface area contributed by atoms with E-state index in [9.17, 15) is 9.18 Å². The molecule has 1 aliphatic heterocycles. The van der Waals surface area contributed by atoms with E-state index in [0.29, 0.717) is 36.9 Å². The molecule has 33 heavy (non-hydrogen) atoms. The highest BCUT2D eigenvalue weighted by Gasteiger charge is 2.30. The molecule has 5 rings (SSSR count). The summed E-state index contributed by atoms with van der Waals surface area (Å²) < 4.78 is 26.3. The molecule has 1 fully saturated rings. The van der Waals surface area contributed by atoms with Gasteiger partial charge < -0.3 is 24.2 Å². The van der Waals surface area contributed by atoms with E-state index in [1.165, 1.54) is 28.5 Å². The molecule has 0 radical (unpaired) electrons. The lowest BCUT2D eigenvalue weighted by Gasteiger charge is -2.38. The van der Waals surface area contributed by atoms with E-state index in [1.807, 2.05) is 35.2 Å². The average Bonchev–Trinajstić information content (AvgIpc) is 3.61. The van der Waals surface area contributed by atoms with Crippen molar-refractivity contribution in [2.75, 3.05) is 29.9 Å². The summed E-state index contributed by atoms with van der Waals surface area (Å²) in [6.07, 6.45) is 2.87. The zero-order valence-electron chi connectivity index (χ0n) is 17.5. The second kappa shape index (κ2) is 9.10. The topological polar surface area (TPSA) is 118 Å². The maximum Gasteiger partial charge on any atom is 0.246 e. The highest BCUT2D eigenvalue weighted by Crippen LogP contribution is 2.25. The summed E-state index contributed by atoms with van der Waals surface area (Å²) in [5, 5.41) is 14.9. The molecule has 1 unspecified atom stereocenters. The predicted molar refractivity (Wildman–Crippen MR) is 115 cm³/mol. The Bertz CT molecular complexity index is 1180. The fourth-order valence-corrected chi connectivity index (χ4v) is 3.66. The number of rotatable bonds is 7. The van der Waals surface area contributed by atoms with E-state index in [2.05, 4.69) is 25.7 Å².